The highest BCUT2D eigenvalue weighted by atomic mass is 35.5. The van der Waals surface area contributed by atoms with Crippen LogP contribution in [0.1, 0.15) is 15.9 Å². The molecule has 0 bridgehead atoms. The summed E-state index contributed by atoms with van der Waals surface area (Å²) in [5.41, 5.74) is 1.30. The van der Waals surface area contributed by atoms with Crippen molar-refractivity contribution in [2.45, 2.75) is 10.8 Å². The summed E-state index contributed by atoms with van der Waals surface area (Å²) in [7, 11) is 0. The molecule has 0 saturated carbocycles. The fourth-order valence-electron chi connectivity index (χ4n) is 1.33. The van der Waals surface area contributed by atoms with Gasteiger partial charge in [-0.1, -0.05) is 41.4 Å². The molecule has 6 heteroatoms. The molecule has 0 aliphatic rings. The molecule has 2 aromatic rings. The maximum Gasteiger partial charge on any atom is 0.155 e. The van der Waals surface area contributed by atoms with Crippen LogP contribution in [0.15, 0.2) is 35.6 Å². The standard InChI is InChI=1S/C12H8Cl2N2OS/c13-10-4-2-1-3-8(10)6-18-12-9(5-17)11(14)15-7-16-12/h1-5,7H,6H2. The Hall–Kier alpha value is -1.10. The van der Waals surface area contributed by atoms with Crippen molar-refractivity contribution < 1.29 is 4.79 Å². The Balaban J connectivity index is 2.18. The van der Waals surface area contributed by atoms with Gasteiger partial charge < -0.3 is 0 Å². The van der Waals surface area contributed by atoms with Gasteiger partial charge in [0.15, 0.2) is 6.29 Å². The topological polar surface area (TPSA) is 42.9 Å². The average molecular weight is 299 g/mol. The summed E-state index contributed by atoms with van der Waals surface area (Å²) in [5, 5.41) is 1.42. The number of hydrogen-bond donors (Lipinski definition) is 0. The summed E-state index contributed by atoms with van der Waals surface area (Å²) in [6, 6.07) is 7.54. The molecule has 1 aromatic heterocycles. The lowest BCUT2D eigenvalue weighted by Crippen LogP contribution is -1.94. The summed E-state index contributed by atoms with van der Waals surface area (Å²) in [6.45, 7) is 0. The van der Waals surface area contributed by atoms with Crippen LogP contribution in [0.2, 0.25) is 10.2 Å². The molecule has 0 fully saturated rings. The molecule has 0 atom stereocenters. The number of aromatic nitrogens is 2. The number of rotatable bonds is 4. The third kappa shape index (κ3) is 3.02. The van der Waals surface area contributed by atoms with Crippen LogP contribution >= 0.6 is 35.0 Å². The Labute approximate surface area is 119 Å². The number of hydrogen-bond acceptors (Lipinski definition) is 4. The second kappa shape index (κ2) is 6.18. The van der Waals surface area contributed by atoms with E-state index in [0.717, 1.165) is 5.56 Å². The molecular weight excluding hydrogens is 291 g/mol. The summed E-state index contributed by atoms with van der Waals surface area (Å²) in [6.07, 6.45) is 2.00. The van der Waals surface area contributed by atoms with E-state index >= 15 is 0 Å². The van der Waals surface area contributed by atoms with Crippen molar-refractivity contribution in [1.29, 1.82) is 0 Å². The quantitative estimate of drug-likeness (QED) is 0.488. The molecule has 1 aromatic carbocycles. The number of benzene rings is 1. The third-order valence-corrected chi connectivity index (χ3v) is 3.96. The molecule has 18 heavy (non-hydrogen) atoms. The zero-order valence-electron chi connectivity index (χ0n) is 9.14. The first kappa shape index (κ1) is 13.3. The van der Waals surface area contributed by atoms with Crippen LogP contribution in [0, 0.1) is 0 Å². The monoisotopic (exact) mass is 298 g/mol. The number of halogens is 2. The highest BCUT2D eigenvalue weighted by Crippen LogP contribution is 2.28. The van der Waals surface area contributed by atoms with Crippen LogP contribution in [0.4, 0.5) is 0 Å². The Morgan fingerprint density at radius 3 is 2.72 bits per heavy atom. The maximum atomic E-state index is 10.9. The second-order valence-electron chi connectivity index (χ2n) is 3.38. The van der Waals surface area contributed by atoms with Crippen LogP contribution in [-0.2, 0) is 5.75 Å². The lowest BCUT2D eigenvalue weighted by Gasteiger charge is -2.05. The summed E-state index contributed by atoms with van der Waals surface area (Å²) in [5.74, 6) is 0.619. The number of aldehydes is 1. The van der Waals surface area contributed by atoms with Crippen LogP contribution in [0.5, 0.6) is 0 Å². The van der Waals surface area contributed by atoms with Crippen molar-refractivity contribution in [3.8, 4) is 0 Å². The van der Waals surface area contributed by atoms with Crippen LogP contribution in [-0.4, -0.2) is 16.3 Å². The van der Waals surface area contributed by atoms with Crippen molar-refractivity contribution in [3.05, 3.63) is 51.9 Å². The molecule has 0 unspecified atom stereocenters. The van der Waals surface area contributed by atoms with E-state index in [1.54, 1.807) is 0 Å². The summed E-state index contributed by atoms with van der Waals surface area (Å²) >= 11 is 13.3. The molecule has 92 valence electrons. The van der Waals surface area contributed by atoms with E-state index in [4.69, 9.17) is 23.2 Å². The fraction of sp³-hybridized carbons (Fsp3) is 0.0833. The minimum atomic E-state index is 0.168. The first-order valence-electron chi connectivity index (χ1n) is 5.04. The van der Waals surface area contributed by atoms with Gasteiger partial charge in [-0.05, 0) is 11.6 Å². The third-order valence-electron chi connectivity index (χ3n) is 2.24. The zero-order valence-corrected chi connectivity index (χ0v) is 11.5. The van der Waals surface area contributed by atoms with Gasteiger partial charge in [0.1, 0.15) is 16.5 Å². The first-order chi connectivity index (χ1) is 8.72. The van der Waals surface area contributed by atoms with E-state index in [-0.39, 0.29) is 5.15 Å². The molecular formula is C12H8Cl2N2OS. The molecule has 2 rings (SSSR count). The number of carbonyl (C=O) groups is 1. The summed E-state index contributed by atoms with van der Waals surface area (Å²) in [4.78, 5) is 18.7. The van der Waals surface area contributed by atoms with E-state index in [1.165, 1.54) is 18.1 Å². The van der Waals surface area contributed by atoms with Gasteiger partial charge in [-0.15, -0.1) is 11.8 Å². The number of thioether (sulfide) groups is 1. The van der Waals surface area contributed by atoms with Crippen molar-refractivity contribution in [3.63, 3.8) is 0 Å². The van der Waals surface area contributed by atoms with Crippen molar-refractivity contribution >= 4 is 41.2 Å². The molecule has 0 aliphatic carbocycles. The molecule has 0 spiro atoms. The van der Waals surface area contributed by atoms with Gasteiger partial charge in [0, 0.05) is 10.8 Å². The van der Waals surface area contributed by atoms with Crippen LogP contribution in [0.25, 0.3) is 0 Å². The molecule has 1 heterocycles. The van der Waals surface area contributed by atoms with Gasteiger partial charge in [-0.2, -0.15) is 0 Å². The Morgan fingerprint density at radius 2 is 2.00 bits per heavy atom. The van der Waals surface area contributed by atoms with Crippen LogP contribution < -0.4 is 0 Å². The normalized spacial score (nSPS) is 10.3. The predicted molar refractivity (Wildman–Crippen MR) is 73.4 cm³/mol. The van der Waals surface area contributed by atoms with Gasteiger partial charge in [0.2, 0.25) is 0 Å². The minimum absolute atomic E-state index is 0.168. The van der Waals surface area contributed by atoms with E-state index in [2.05, 4.69) is 9.97 Å². The smallest absolute Gasteiger partial charge is 0.155 e. The first-order valence-corrected chi connectivity index (χ1v) is 6.78. The lowest BCUT2D eigenvalue weighted by atomic mass is 10.2. The van der Waals surface area contributed by atoms with Crippen molar-refractivity contribution in [2.24, 2.45) is 0 Å². The number of nitrogens with zero attached hydrogens (tertiary/aromatic N) is 2. The van der Waals surface area contributed by atoms with Crippen molar-refractivity contribution in [1.82, 2.24) is 9.97 Å². The van der Waals surface area contributed by atoms with Gasteiger partial charge in [0.25, 0.3) is 0 Å². The van der Waals surface area contributed by atoms with E-state index in [1.807, 2.05) is 24.3 Å². The van der Waals surface area contributed by atoms with E-state index in [9.17, 15) is 4.79 Å². The number of carbonyl (C=O) groups excluding carboxylic acids is 1. The highest BCUT2D eigenvalue weighted by Gasteiger charge is 2.10. The predicted octanol–water partition coefficient (Wildman–Crippen LogP) is 3.89. The minimum Gasteiger partial charge on any atom is -0.298 e. The van der Waals surface area contributed by atoms with Gasteiger partial charge in [-0.25, -0.2) is 9.97 Å². The largest absolute Gasteiger partial charge is 0.298 e. The average Bonchev–Trinajstić information content (AvgIpc) is 2.38. The highest BCUT2D eigenvalue weighted by molar-refractivity contribution is 7.98. The Bertz CT molecular complexity index is 578. The molecule has 0 amide bonds. The van der Waals surface area contributed by atoms with Gasteiger partial charge in [-0.3, -0.25) is 4.79 Å². The molecule has 0 saturated heterocycles. The van der Waals surface area contributed by atoms with Crippen molar-refractivity contribution in [2.75, 3.05) is 0 Å². The van der Waals surface area contributed by atoms with E-state index < -0.39 is 0 Å². The summed E-state index contributed by atoms with van der Waals surface area (Å²) < 4.78 is 0. The molecule has 3 nitrogen and oxygen atoms in total. The Kier molecular flexibility index (Phi) is 4.58. The van der Waals surface area contributed by atoms with Gasteiger partial charge >= 0.3 is 0 Å². The molecule has 0 aliphatic heterocycles. The van der Waals surface area contributed by atoms with E-state index in [0.29, 0.717) is 27.7 Å². The zero-order chi connectivity index (χ0) is 13.0. The Morgan fingerprint density at radius 1 is 1.22 bits per heavy atom. The second-order valence-corrected chi connectivity index (χ2v) is 5.11. The SMILES string of the molecule is O=Cc1c(Cl)ncnc1SCc1ccccc1Cl. The lowest BCUT2D eigenvalue weighted by molar-refractivity contribution is 0.112. The van der Waals surface area contributed by atoms with Crippen LogP contribution in [0.3, 0.4) is 0 Å². The molecule has 0 N–H and O–H groups in total. The molecule has 0 radical (unpaired) electrons. The fourth-order valence-corrected chi connectivity index (χ4v) is 2.82. The van der Waals surface area contributed by atoms with Gasteiger partial charge in [0.05, 0.1) is 5.56 Å². The maximum absolute atomic E-state index is 10.9.